The molecule has 2 aromatic heterocycles. The van der Waals surface area contributed by atoms with Crippen molar-refractivity contribution in [1.82, 2.24) is 4.98 Å². The lowest BCUT2D eigenvalue weighted by atomic mass is 9.96. The number of aromatic nitrogens is 1. The number of fused-ring (bicyclic) bond motifs is 1. The Hall–Kier alpha value is -3.33. The molecule has 0 saturated heterocycles. The summed E-state index contributed by atoms with van der Waals surface area (Å²) in [6, 6.07) is 7.49. The molecule has 27 heavy (non-hydrogen) atoms. The second-order valence-corrected chi connectivity index (χ2v) is 6.60. The van der Waals surface area contributed by atoms with Crippen LogP contribution in [0.5, 0.6) is 0 Å². The van der Waals surface area contributed by atoms with Gasteiger partial charge in [0.25, 0.3) is 5.69 Å². The van der Waals surface area contributed by atoms with Crippen LogP contribution in [0.1, 0.15) is 25.7 Å². The highest BCUT2D eigenvalue weighted by Crippen LogP contribution is 2.38. The van der Waals surface area contributed by atoms with E-state index in [0.717, 1.165) is 11.3 Å². The molecular formula is C18H14N2O6S. The second-order valence-electron chi connectivity index (χ2n) is 5.57. The van der Waals surface area contributed by atoms with Crippen molar-refractivity contribution >= 4 is 39.2 Å². The topological polar surface area (TPSA) is 109 Å². The van der Waals surface area contributed by atoms with E-state index in [0.29, 0.717) is 31.9 Å². The van der Waals surface area contributed by atoms with Crippen LogP contribution < -0.4 is 0 Å². The van der Waals surface area contributed by atoms with Gasteiger partial charge in [-0.2, -0.15) is 0 Å². The number of hydrogen-bond donors (Lipinski definition) is 0. The average Bonchev–Trinajstić information content (AvgIpc) is 3.09. The summed E-state index contributed by atoms with van der Waals surface area (Å²) in [5.74, 6) is -1.14. The summed E-state index contributed by atoms with van der Waals surface area (Å²) in [5.41, 5.74) is 1.36. The van der Waals surface area contributed by atoms with E-state index >= 15 is 0 Å². The minimum Gasteiger partial charge on any atom is -0.465 e. The van der Waals surface area contributed by atoms with Crippen molar-refractivity contribution < 1.29 is 24.0 Å². The van der Waals surface area contributed by atoms with Crippen LogP contribution in [0.3, 0.4) is 0 Å². The molecule has 3 aromatic rings. The molecule has 0 spiro atoms. The number of aryl methyl sites for hydroxylation is 1. The summed E-state index contributed by atoms with van der Waals surface area (Å²) in [7, 11) is 2.52. The highest BCUT2D eigenvalue weighted by atomic mass is 32.1. The van der Waals surface area contributed by atoms with Crippen molar-refractivity contribution in [3.05, 3.63) is 56.6 Å². The number of thiophene rings is 1. The van der Waals surface area contributed by atoms with E-state index in [1.807, 2.05) is 0 Å². The minimum atomic E-state index is -0.616. The zero-order valence-corrected chi connectivity index (χ0v) is 15.5. The Kier molecular flexibility index (Phi) is 4.87. The highest BCUT2D eigenvalue weighted by Gasteiger charge is 2.24. The van der Waals surface area contributed by atoms with Crippen LogP contribution in [-0.4, -0.2) is 36.1 Å². The predicted molar refractivity (Wildman–Crippen MR) is 99.1 cm³/mol. The number of hydrogen-bond acceptors (Lipinski definition) is 8. The first-order chi connectivity index (χ1) is 12.9. The van der Waals surface area contributed by atoms with Gasteiger partial charge in [0.15, 0.2) is 0 Å². The lowest BCUT2D eigenvalue weighted by Crippen LogP contribution is -2.08. The molecule has 2 heterocycles. The molecule has 8 nitrogen and oxygen atoms in total. The molecule has 0 saturated carbocycles. The number of ether oxygens (including phenoxy) is 2. The van der Waals surface area contributed by atoms with Crippen molar-refractivity contribution in [1.29, 1.82) is 0 Å². The standard InChI is InChI=1S/C18H14N2O6S/c1-9-14(18(22)26-3)15(10-5-4-6-11(7-10)20(23)24)12-8-13(17(21)25-2)27-16(12)19-9/h4-8H,1-3H3. The Balaban J connectivity index is 2.40. The van der Waals surface area contributed by atoms with Crippen molar-refractivity contribution in [3.63, 3.8) is 0 Å². The lowest BCUT2D eigenvalue weighted by molar-refractivity contribution is -0.384. The molecule has 0 N–H and O–H groups in total. The number of carbonyl (C=O) groups is 2. The van der Waals surface area contributed by atoms with Gasteiger partial charge in [-0.25, -0.2) is 14.6 Å². The van der Waals surface area contributed by atoms with Crippen LogP contribution in [0.4, 0.5) is 5.69 Å². The van der Waals surface area contributed by atoms with Gasteiger partial charge in [0.05, 0.1) is 30.4 Å². The molecule has 0 radical (unpaired) electrons. The summed E-state index contributed by atoms with van der Waals surface area (Å²) in [4.78, 5) is 40.2. The zero-order chi connectivity index (χ0) is 19.7. The molecule has 1 aromatic carbocycles. The van der Waals surface area contributed by atoms with E-state index in [1.54, 1.807) is 19.1 Å². The summed E-state index contributed by atoms with van der Waals surface area (Å²) in [5, 5.41) is 11.7. The highest BCUT2D eigenvalue weighted by molar-refractivity contribution is 7.20. The number of nitrogens with zero attached hydrogens (tertiary/aromatic N) is 2. The smallest absolute Gasteiger partial charge is 0.348 e. The Morgan fingerprint density at radius 3 is 2.48 bits per heavy atom. The van der Waals surface area contributed by atoms with Gasteiger partial charge < -0.3 is 9.47 Å². The molecule has 0 amide bonds. The number of non-ortho nitro benzene ring substituents is 1. The Morgan fingerprint density at radius 1 is 1.15 bits per heavy atom. The van der Waals surface area contributed by atoms with Gasteiger partial charge in [0, 0.05) is 23.1 Å². The number of nitro benzene ring substituents is 1. The third kappa shape index (κ3) is 3.24. The van der Waals surface area contributed by atoms with Crippen molar-refractivity contribution in [3.8, 4) is 11.1 Å². The van der Waals surface area contributed by atoms with E-state index in [9.17, 15) is 19.7 Å². The normalized spacial score (nSPS) is 10.6. The third-order valence-corrected chi connectivity index (χ3v) is 4.99. The van der Waals surface area contributed by atoms with Crippen LogP contribution in [0.2, 0.25) is 0 Å². The van der Waals surface area contributed by atoms with E-state index in [2.05, 4.69) is 4.98 Å². The Morgan fingerprint density at radius 2 is 1.85 bits per heavy atom. The van der Waals surface area contributed by atoms with Crippen molar-refractivity contribution in [2.24, 2.45) is 0 Å². The monoisotopic (exact) mass is 386 g/mol. The van der Waals surface area contributed by atoms with Crippen LogP contribution >= 0.6 is 11.3 Å². The van der Waals surface area contributed by atoms with Gasteiger partial charge in [0.2, 0.25) is 0 Å². The molecular weight excluding hydrogens is 372 g/mol. The molecule has 0 fully saturated rings. The van der Waals surface area contributed by atoms with Crippen molar-refractivity contribution in [2.75, 3.05) is 14.2 Å². The fourth-order valence-corrected chi connectivity index (χ4v) is 3.80. The first-order valence-corrected chi connectivity index (χ1v) is 8.54. The number of benzene rings is 1. The molecule has 0 bridgehead atoms. The summed E-state index contributed by atoms with van der Waals surface area (Å²) < 4.78 is 9.63. The SMILES string of the molecule is COC(=O)c1cc2c(-c3cccc([N+](=O)[O-])c3)c(C(=O)OC)c(C)nc2s1. The fourth-order valence-electron chi connectivity index (χ4n) is 2.80. The summed E-state index contributed by atoms with van der Waals surface area (Å²) in [6.45, 7) is 1.64. The van der Waals surface area contributed by atoms with Crippen LogP contribution in [0.15, 0.2) is 30.3 Å². The molecule has 0 unspecified atom stereocenters. The van der Waals surface area contributed by atoms with E-state index < -0.39 is 16.9 Å². The van der Waals surface area contributed by atoms with E-state index in [1.165, 1.54) is 32.4 Å². The first-order valence-electron chi connectivity index (χ1n) is 7.73. The van der Waals surface area contributed by atoms with Gasteiger partial charge in [-0.05, 0) is 18.6 Å². The first kappa shape index (κ1) is 18.5. The van der Waals surface area contributed by atoms with E-state index in [-0.39, 0.29) is 11.3 Å². The number of pyridine rings is 1. The van der Waals surface area contributed by atoms with Gasteiger partial charge in [-0.15, -0.1) is 11.3 Å². The zero-order valence-electron chi connectivity index (χ0n) is 14.6. The van der Waals surface area contributed by atoms with Gasteiger partial charge in [0.1, 0.15) is 9.71 Å². The maximum absolute atomic E-state index is 12.4. The van der Waals surface area contributed by atoms with Gasteiger partial charge in [-0.3, -0.25) is 10.1 Å². The molecule has 0 aliphatic rings. The van der Waals surface area contributed by atoms with Crippen LogP contribution in [-0.2, 0) is 9.47 Å². The third-order valence-electron chi connectivity index (χ3n) is 3.98. The summed E-state index contributed by atoms with van der Waals surface area (Å²) in [6.07, 6.45) is 0. The lowest BCUT2D eigenvalue weighted by Gasteiger charge is -2.12. The average molecular weight is 386 g/mol. The molecule has 0 atom stereocenters. The fraction of sp³-hybridized carbons (Fsp3) is 0.167. The Labute approximate surface area is 157 Å². The number of carbonyl (C=O) groups excluding carboxylic acids is 2. The Bertz CT molecular complexity index is 1090. The maximum atomic E-state index is 12.4. The van der Waals surface area contributed by atoms with E-state index in [4.69, 9.17) is 9.47 Å². The number of methoxy groups -OCH3 is 2. The quantitative estimate of drug-likeness (QED) is 0.381. The molecule has 9 heteroatoms. The molecule has 3 rings (SSSR count). The number of nitro groups is 1. The maximum Gasteiger partial charge on any atom is 0.348 e. The largest absolute Gasteiger partial charge is 0.465 e. The van der Waals surface area contributed by atoms with Gasteiger partial charge in [-0.1, -0.05) is 12.1 Å². The van der Waals surface area contributed by atoms with Crippen LogP contribution in [0, 0.1) is 17.0 Å². The molecule has 0 aliphatic carbocycles. The molecule has 0 aliphatic heterocycles. The van der Waals surface area contributed by atoms with Crippen molar-refractivity contribution in [2.45, 2.75) is 6.92 Å². The number of esters is 2. The van der Waals surface area contributed by atoms with Crippen LogP contribution in [0.25, 0.3) is 21.3 Å². The van der Waals surface area contributed by atoms with Gasteiger partial charge >= 0.3 is 11.9 Å². The second kappa shape index (κ2) is 7.12. The minimum absolute atomic E-state index is 0.116. The number of rotatable bonds is 4. The molecule has 138 valence electrons. The predicted octanol–water partition coefficient (Wildman–Crippen LogP) is 3.75. The summed E-state index contributed by atoms with van der Waals surface area (Å²) >= 11 is 1.12.